The zero-order chi connectivity index (χ0) is 11.3. The summed E-state index contributed by atoms with van der Waals surface area (Å²) in [5.74, 6) is 0.0642. The van der Waals surface area contributed by atoms with Gasteiger partial charge in [-0.15, -0.1) is 0 Å². The lowest BCUT2D eigenvalue weighted by atomic mass is 10.1. The number of piperidine rings is 1. The maximum atomic E-state index is 11.4. The van der Waals surface area contributed by atoms with Gasteiger partial charge in [0.05, 0.1) is 12.3 Å². The highest BCUT2D eigenvalue weighted by Crippen LogP contribution is 2.06. The maximum Gasteiger partial charge on any atom is 0.234 e. The zero-order valence-corrected chi connectivity index (χ0v) is 9.36. The number of nitrogens with zero attached hydrogens (tertiary/aromatic N) is 2. The lowest BCUT2D eigenvalue weighted by Crippen LogP contribution is -2.43. The standard InChI is InChI=1S/C10H19N3O2/c1-8(2)11-10(14)7-13-5-3-9(12-15)4-6-13/h8,15H,3-7H2,1-2H3,(H,11,14). The zero-order valence-electron chi connectivity index (χ0n) is 9.36. The number of amides is 1. The molecule has 1 aliphatic heterocycles. The molecule has 1 aliphatic rings. The van der Waals surface area contributed by atoms with E-state index in [1.54, 1.807) is 0 Å². The van der Waals surface area contributed by atoms with Crippen molar-refractivity contribution in [1.82, 2.24) is 10.2 Å². The van der Waals surface area contributed by atoms with Crippen LogP contribution in [0.3, 0.4) is 0 Å². The second-order valence-electron chi connectivity index (χ2n) is 4.16. The summed E-state index contributed by atoms with van der Waals surface area (Å²) in [6, 6.07) is 0.192. The molecule has 5 nitrogen and oxygen atoms in total. The van der Waals surface area contributed by atoms with Crippen LogP contribution in [0.25, 0.3) is 0 Å². The van der Waals surface area contributed by atoms with Gasteiger partial charge in [-0.3, -0.25) is 9.69 Å². The first-order valence-corrected chi connectivity index (χ1v) is 5.33. The predicted octanol–water partition coefficient (Wildman–Crippen LogP) is 0.437. The van der Waals surface area contributed by atoms with Gasteiger partial charge < -0.3 is 10.5 Å². The van der Waals surface area contributed by atoms with Gasteiger partial charge in [0.1, 0.15) is 0 Å². The molecule has 5 heteroatoms. The molecular formula is C10H19N3O2. The molecule has 0 aliphatic carbocycles. The van der Waals surface area contributed by atoms with Crippen molar-refractivity contribution in [2.75, 3.05) is 19.6 Å². The Kier molecular flexibility index (Phi) is 4.55. The molecule has 0 aromatic carbocycles. The summed E-state index contributed by atoms with van der Waals surface area (Å²) in [5, 5.41) is 14.6. The number of carbonyl (C=O) groups excluding carboxylic acids is 1. The summed E-state index contributed by atoms with van der Waals surface area (Å²) in [5.41, 5.74) is 0.829. The number of carbonyl (C=O) groups is 1. The molecule has 1 amide bonds. The molecule has 0 aromatic rings. The molecule has 0 unspecified atom stereocenters. The Morgan fingerprint density at radius 1 is 1.53 bits per heavy atom. The number of hydrogen-bond acceptors (Lipinski definition) is 4. The van der Waals surface area contributed by atoms with Crippen molar-refractivity contribution in [1.29, 1.82) is 0 Å². The van der Waals surface area contributed by atoms with Crippen molar-refractivity contribution in [2.45, 2.75) is 32.7 Å². The number of hydrogen-bond donors (Lipinski definition) is 2. The molecule has 86 valence electrons. The summed E-state index contributed by atoms with van der Waals surface area (Å²) in [6.45, 7) is 5.93. The third-order valence-corrected chi connectivity index (χ3v) is 2.39. The molecule has 0 bridgehead atoms. The van der Waals surface area contributed by atoms with Crippen LogP contribution in [0.15, 0.2) is 5.16 Å². The number of rotatable bonds is 3. The fourth-order valence-corrected chi connectivity index (χ4v) is 1.64. The Hall–Kier alpha value is -1.10. The van der Waals surface area contributed by atoms with E-state index in [9.17, 15) is 4.79 Å². The molecule has 15 heavy (non-hydrogen) atoms. The van der Waals surface area contributed by atoms with Crippen LogP contribution in [0.1, 0.15) is 26.7 Å². The summed E-state index contributed by atoms with van der Waals surface area (Å²) in [7, 11) is 0. The molecule has 0 radical (unpaired) electrons. The van der Waals surface area contributed by atoms with Crippen molar-refractivity contribution in [3.05, 3.63) is 0 Å². The van der Waals surface area contributed by atoms with E-state index in [0.717, 1.165) is 31.6 Å². The number of likely N-dealkylation sites (tertiary alicyclic amines) is 1. The molecule has 1 fully saturated rings. The predicted molar refractivity (Wildman–Crippen MR) is 58.2 cm³/mol. The first-order valence-electron chi connectivity index (χ1n) is 5.33. The maximum absolute atomic E-state index is 11.4. The summed E-state index contributed by atoms with van der Waals surface area (Å²) in [6.07, 6.45) is 1.51. The Bertz CT molecular complexity index is 241. The van der Waals surface area contributed by atoms with Crippen molar-refractivity contribution in [3.63, 3.8) is 0 Å². The topological polar surface area (TPSA) is 64.9 Å². The van der Waals surface area contributed by atoms with E-state index in [1.165, 1.54) is 0 Å². The SMILES string of the molecule is CC(C)NC(=O)CN1CCC(=NO)CC1. The highest BCUT2D eigenvalue weighted by atomic mass is 16.4. The molecule has 0 atom stereocenters. The Labute approximate surface area is 90.1 Å². The summed E-state index contributed by atoms with van der Waals surface area (Å²) in [4.78, 5) is 13.5. The van der Waals surface area contributed by atoms with Crippen LogP contribution in [-0.2, 0) is 4.79 Å². The van der Waals surface area contributed by atoms with Gasteiger partial charge in [0.25, 0.3) is 0 Å². The number of nitrogens with one attached hydrogen (secondary N) is 1. The first-order chi connectivity index (χ1) is 7.11. The van der Waals surface area contributed by atoms with Crippen molar-refractivity contribution >= 4 is 11.6 Å². The third-order valence-electron chi connectivity index (χ3n) is 2.39. The summed E-state index contributed by atoms with van der Waals surface area (Å²) >= 11 is 0. The van der Waals surface area contributed by atoms with E-state index in [-0.39, 0.29) is 11.9 Å². The number of oxime groups is 1. The van der Waals surface area contributed by atoms with Crippen LogP contribution in [0.4, 0.5) is 0 Å². The van der Waals surface area contributed by atoms with Gasteiger partial charge in [-0.25, -0.2) is 0 Å². The Balaban J connectivity index is 2.26. The largest absolute Gasteiger partial charge is 0.411 e. The highest BCUT2D eigenvalue weighted by molar-refractivity contribution is 5.85. The molecular weight excluding hydrogens is 194 g/mol. The third kappa shape index (κ3) is 4.29. The van der Waals surface area contributed by atoms with E-state index < -0.39 is 0 Å². The first kappa shape index (κ1) is 12.0. The van der Waals surface area contributed by atoms with Crippen LogP contribution >= 0.6 is 0 Å². The average molecular weight is 213 g/mol. The second kappa shape index (κ2) is 5.70. The van der Waals surface area contributed by atoms with Crippen LogP contribution in [0.2, 0.25) is 0 Å². The molecule has 1 rings (SSSR count). The van der Waals surface area contributed by atoms with Crippen molar-refractivity contribution < 1.29 is 10.0 Å². The van der Waals surface area contributed by atoms with Crippen molar-refractivity contribution in [3.8, 4) is 0 Å². The Morgan fingerprint density at radius 3 is 2.60 bits per heavy atom. The lowest BCUT2D eigenvalue weighted by Gasteiger charge is -2.26. The van der Waals surface area contributed by atoms with Gasteiger partial charge in [0.15, 0.2) is 0 Å². The van der Waals surface area contributed by atoms with E-state index in [2.05, 4.69) is 15.4 Å². The van der Waals surface area contributed by atoms with Gasteiger partial charge in [-0.05, 0) is 13.8 Å². The molecule has 2 N–H and O–H groups in total. The van der Waals surface area contributed by atoms with Crippen molar-refractivity contribution in [2.24, 2.45) is 5.16 Å². The fraction of sp³-hybridized carbons (Fsp3) is 0.800. The molecule has 0 spiro atoms. The van der Waals surface area contributed by atoms with E-state index >= 15 is 0 Å². The van der Waals surface area contributed by atoms with Gasteiger partial charge in [0.2, 0.25) is 5.91 Å². The van der Waals surface area contributed by atoms with Gasteiger partial charge in [-0.2, -0.15) is 0 Å². The average Bonchev–Trinajstić information content (AvgIpc) is 2.17. The van der Waals surface area contributed by atoms with Gasteiger partial charge >= 0.3 is 0 Å². The second-order valence-corrected chi connectivity index (χ2v) is 4.16. The van der Waals surface area contributed by atoms with E-state index in [0.29, 0.717) is 6.54 Å². The van der Waals surface area contributed by atoms with E-state index in [4.69, 9.17) is 5.21 Å². The molecule has 1 heterocycles. The normalized spacial score (nSPS) is 17.9. The Morgan fingerprint density at radius 2 is 2.13 bits per heavy atom. The lowest BCUT2D eigenvalue weighted by molar-refractivity contribution is -0.122. The molecule has 1 saturated heterocycles. The molecule has 0 aromatic heterocycles. The highest BCUT2D eigenvalue weighted by Gasteiger charge is 2.17. The van der Waals surface area contributed by atoms with Gasteiger partial charge in [0, 0.05) is 32.0 Å². The minimum absolute atomic E-state index is 0.0642. The molecule has 0 saturated carbocycles. The van der Waals surface area contributed by atoms with Crippen LogP contribution in [0.5, 0.6) is 0 Å². The summed E-state index contributed by atoms with van der Waals surface area (Å²) < 4.78 is 0. The quantitative estimate of drug-likeness (QED) is 0.528. The minimum atomic E-state index is 0.0642. The minimum Gasteiger partial charge on any atom is -0.411 e. The van der Waals surface area contributed by atoms with Gasteiger partial charge in [-0.1, -0.05) is 5.16 Å². The van der Waals surface area contributed by atoms with Crippen LogP contribution < -0.4 is 5.32 Å². The smallest absolute Gasteiger partial charge is 0.234 e. The van der Waals surface area contributed by atoms with Crippen LogP contribution in [-0.4, -0.2) is 47.4 Å². The van der Waals surface area contributed by atoms with Crippen LogP contribution in [0, 0.1) is 0 Å². The fourth-order valence-electron chi connectivity index (χ4n) is 1.64. The monoisotopic (exact) mass is 213 g/mol. The van der Waals surface area contributed by atoms with E-state index in [1.807, 2.05) is 13.8 Å².